The number of Topliss-reactive ketones (excluding diaryl/α,β-unsaturated/α-hetero) is 1. The third-order valence-electron chi connectivity index (χ3n) is 4.57. The summed E-state index contributed by atoms with van der Waals surface area (Å²) in [5, 5.41) is 0. The smallest absolute Gasteiger partial charge is 0.236 e. The van der Waals surface area contributed by atoms with Crippen LogP contribution in [0.1, 0.15) is 16.8 Å². The molecule has 0 spiro atoms. The molecule has 24 heavy (non-hydrogen) atoms. The van der Waals surface area contributed by atoms with E-state index in [1.807, 2.05) is 35.2 Å². The number of rotatable bonds is 5. The average Bonchev–Trinajstić information content (AvgIpc) is 2.64. The molecule has 1 aromatic rings. The van der Waals surface area contributed by atoms with Crippen molar-refractivity contribution in [1.82, 2.24) is 9.80 Å². The number of nitrogens with zero attached hydrogens (tertiary/aromatic N) is 2. The molecule has 0 aromatic heterocycles. The van der Waals surface area contributed by atoms with Gasteiger partial charge in [0.05, 0.1) is 33.0 Å². The Labute approximate surface area is 142 Å². The molecule has 2 aliphatic heterocycles. The van der Waals surface area contributed by atoms with Crippen LogP contribution in [0, 0.1) is 0 Å². The van der Waals surface area contributed by atoms with E-state index in [9.17, 15) is 9.59 Å². The maximum absolute atomic E-state index is 12.5. The second kappa shape index (κ2) is 8.37. The molecular formula is C18H24N2O4. The summed E-state index contributed by atoms with van der Waals surface area (Å²) in [5.41, 5.74) is 0.711. The highest BCUT2D eigenvalue weighted by atomic mass is 16.5. The van der Waals surface area contributed by atoms with Crippen molar-refractivity contribution in [3.63, 3.8) is 0 Å². The highest BCUT2D eigenvalue weighted by Crippen LogP contribution is 2.15. The maximum Gasteiger partial charge on any atom is 0.236 e. The molecule has 1 amide bonds. The van der Waals surface area contributed by atoms with Crippen molar-refractivity contribution in [3.8, 4) is 0 Å². The summed E-state index contributed by atoms with van der Waals surface area (Å²) in [7, 11) is 0. The molecule has 2 fully saturated rings. The van der Waals surface area contributed by atoms with Gasteiger partial charge in [0.1, 0.15) is 0 Å². The number of carbonyl (C=O) groups excluding carboxylic acids is 2. The first kappa shape index (κ1) is 17.1. The molecule has 0 saturated carbocycles. The van der Waals surface area contributed by atoms with Crippen LogP contribution < -0.4 is 0 Å². The van der Waals surface area contributed by atoms with E-state index in [0.29, 0.717) is 64.6 Å². The molecule has 0 radical (unpaired) electrons. The summed E-state index contributed by atoms with van der Waals surface area (Å²) in [4.78, 5) is 28.9. The first-order valence-electron chi connectivity index (χ1n) is 8.49. The van der Waals surface area contributed by atoms with Crippen molar-refractivity contribution in [2.24, 2.45) is 0 Å². The topological polar surface area (TPSA) is 59.1 Å². The normalized spacial score (nSPS) is 22.3. The summed E-state index contributed by atoms with van der Waals surface area (Å²) in [6, 6.07) is 9.24. The molecule has 6 heteroatoms. The zero-order valence-corrected chi connectivity index (χ0v) is 13.9. The summed E-state index contributed by atoms with van der Waals surface area (Å²) >= 11 is 0. The third kappa shape index (κ3) is 4.41. The fourth-order valence-corrected chi connectivity index (χ4v) is 3.13. The molecule has 0 aliphatic carbocycles. The van der Waals surface area contributed by atoms with Crippen LogP contribution in [0.3, 0.4) is 0 Å². The van der Waals surface area contributed by atoms with E-state index in [1.54, 1.807) is 0 Å². The van der Waals surface area contributed by atoms with Gasteiger partial charge in [-0.25, -0.2) is 0 Å². The quantitative estimate of drug-likeness (QED) is 0.747. The molecule has 0 N–H and O–H groups in total. The maximum atomic E-state index is 12.5. The van der Waals surface area contributed by atoms with E-state index in [0.717, 1.165) is 0 Å². The van der Waals surface area contributed by atoms with Gasteiger partial charge in [0.25, 0.3) is 0 Å². The number of morpholine rings is 2. The van der Waals surface area contributed by atoms with Gasteiger partial charge in [0.2, 0.25) is 5.91 Å². The number of ether oxygens (including phenoxy) is 2. The lowest BCUT2D eigenvalue weighted by Crippen LogP contribution is -2.52. The first-order chi connectivity index (χ1) is 11.7. The Hall–Kier alpha value is -1.76. The predicted octanol–water partition coefficient (Wildman–Crippen LogP) is 0.819. The molecule has 0 bridgehead atoms. The monoisotopic (exact) mass is 332 g/mol. The minimum Gasteiger partial charge on any atom is -0.378 e. The standard InChI is InChI=1S/C18H24N2O4/c21-17(15-4-2-1-3-5-15)12-16-14-24-11-8-20(16)13-18(22)19-6-9-23-10-7-19/h1-5,16H,6-14H2/t16-/m1/s1. The van der Waals surface area contributed by atoms with Crippen LogP contribution in [0.4, 0.5) is 0 Å². The Kier molecular flexibility index (Phi) is 5.96. The first-order valence-corrected chi connectivity index (χ1v) is 8.49. The zero-order valence-electron chi connectivity index (χ0n) is 13.9. The fraction of sp³-hybridized carbons (Fsp3) is 0.556. The summed E-state index contributed by atoms with van der Waals surface area (Å²) in [5.74, 6) is 0.201. The minimum absolute atomic E-state index is 0.0450. The second-order valence-corrected chi connectivity index (χ2v) is 6.19. The van der Waals surface area contributed by atoms with Gasteiger partial charge in [-0.05, 0) is 0 Å². The Bertz CT molecular complexity index is 557. The molecular weight excluding hydrogens is 308 g/mol. The van der Waals surface area contributed by atoms with Crippen LogP contribution in [0.5, 0.6) is 0 Å². The Morgan fingerprint density at radius 3 is 2.46 bits per heavy atom. The van der Waals surface area contributed by atoms with Crippen molar-refractivity contribution in [2.45, 2.75) is 12.5 Å². The largest absolute Gasteiger partial charge is 0.378 e. The Morgan fingerprint density at radius 2 is 1.71 bits per heavy atom. The van der Waals surface area contributed by atoms with E-state index >= 15 is 0 Å². The van der Waals surface area contributed by atoms with E-state index in [1.165, 1.54) is 0 Å². The lowest BCUT2D eigenvalue weighted by molar-refractivity contribution is -0.138. The van der Waals surface area contributed by atoms with Gasteiger partial charge < -0.3 is 14.4 Å². The van der Waals surface area contributed by atoms with Crippen molar-refractivity contribution in [2.75, 3.05) is 52.6 Å². The molecule has 0 unspecified atom stereocenters. The lowest BCUT2D eigenvalue weighted by atomic mass is 10.0. The molecule has 2 saturated heterocycles. The molecule has 2 heterocycles. The molecule has 2 aliphatic rings. The van der Waals surface area contributed by atoms with Crippen LogP contribution in [-0.4, -0.2) is 80.1 Å². The lowest BCUT2D eigenvalue weighted by Gasteiger charge is -2.36. The zero-order chi connectivity index (χ0) is 16.8. The number of hydrogen-bond donors (Lipinski definition) is 0. The van der Waals surface area contributed by atoms with Gasteiger partial charge in [-0.15, -0.1) is 0 Å². The molecule has 130 valence electrons. The highest BCUT2D eigenvalue weighted by Gasteiger charge is 2.29. The SMILES string of the molecule is O=C(C[C@@H]1COCCN1CC(=O)N1CCOCC1)c1ccccc1. The summed E-state index contributed by atoms with van der Waals surface area (Å²) in [6.07, 6.45) is 0.375. The van der Waals surface area contributed by atoms with Gasteiger partial charge in [0, 0.05) is 37.7 Å². The van der Waals surface area contributed by atoms with Gasteiger partial charge in [0.15, 0.2) is 5.78 Å². The van der Waals surface area contributed by atoms with Crippen molar-refractivity contribution in [1.29, 1.82) is 0 Å². The van der Waals surface area contributed by atoms with Gasteiger partial charge >= 0.3 is 0 Å². The van der Waals surface area contributed by atoms with Crippen LogP contribution in [0.15, 0.2) is 30.3 Å². The minimum atomic E-state index is -0.0450. The van der Waals surface area contributed by atoms with Crippen LogP contribution in [0.2, 0.25) is 0 Å². The van der Waals surface area contributed by atoms with E-state index in [4.69, 9.17) is 9.47 Å². The van der Waals surface area contributed by atoms with E-state index in [2.05, 4.69) is 4.90 Å². The van der Waals surface area contributed by atoms with Crippen molar-refractivity contribution < 1.29 is 19.1 Å². The van der Waals surface area contributed by atoms with Crippen LogP contribution in [0.25, 0.3) is 0 Å². The molecule has 1 aromatic carbocycles. The second-order valence-electron chi connectivity index (χ2n) is 6.19. The van der Waals surface area contributed by atoms with E-state index in [-0.39, 0.29) is 17.7 Å². The number of benzene rings is 1. The molecule has 3 rings (SSSR count). The van der Waals surface area contributed by atoms with Gasteiger partial charge in [-0.1, -0.05) is 30.3 Å². The fourth-order valence-electron chi connectivity index (χ4n) is 3.13. The number of hydrogen-bond acceptors (Lipinski definition) is 5. The van der Waals surface area contributed by atoms with Crippen molar-refractivity contribution in [3.05, 3.63) is 35.9 Å². The third-order valence-corrected chi connectivity index (χ3v) is 4.57. The number of ketones is 1. The van der Waals surface area contributed by atoms with Crippen LogP contribution >= 0.6 is 0 Å². The van der Waals surface area contributed by atoms with Crippen LogP contribution in [-0.2, 0) is 14.3 Å². The number of amides is 1. The Balaban J connectivity index is 1.58. The average molecular weight is 332 g/mol. The predicted molar refractivity (Wildman–Crippen MR) is 89.0 cm³/mol. The van der Waals surface area contributed by atoms with E-state index < -0.39 is 0 Å². The molecule has 6 nitrogen and oxygen atoms in total. The van der Waals surface area contributed by atoms with Gasteiger partial charge in [-0.3, -0.25) is 14.5 Å². The Morgan fingerprint density at radius 1 is 1.00 bits per heavy atom. The summed E-state index contributed by atoms with van der Waals surface area (Å²) in [6.45, 7) is 4.63. The van der Waals surface area contributed by atoms with Gasteiger partial charge in [-0.2, -0.15) is 0 Å². The number of carbonyl (C=O) groups is 2. The highest BCUT2D eigenvalue weighted by molar-refractivity contribution is 5.96. The molecule has 1 atom stereocenters. The van der Waals surface area contributed by atoms with Crippen molar-refractivity contribution >= 4 is 11.7 Å². The summed E-state index contributed by atoms with van der Waals surface area (Å²) < 4.78 is 10.8.